The number of aliphatic carboxylic acids is 1. The van der Waals surface area contributed by atoms with E-state index in [-0.39, 0.29) is 11.5 Å². The molecule has 0 aliphatic carbocycles. The Morgan fingerprint density at radius 2 is 1.41 bits per heavy atom. The second-order valence-electron chi connectivity index (χ2n) is 9.04. The van der Waals surface area contributed by atoms with Crippen LogP contribution in [0.3, 0.4) is 0 Å². The summed E-state index contributed by atoms with van der Waals surface area (Å²) in [5, 5.41) is 29.4. The molecule has 0 amide bonds. The van der Waals surface area contributed by atoms with Gasteiger partial charge in [0, 0.05) is 6.07 Å². The SMILES string of the molecule is CC(C)(CCCCc1cc(CCCCCC(C)(C)C(=O)O)c(O)cc1O)OC=O. The van der Waals surface area contributed by atoms with Crippen LogP contribution >= 0.6 is 0 Å². The summed E-state index contributed by atoms with van der Waals surface area (Å²) < 4.78 is 5.04. The second kappa shape index (κ2) is 11.1. The summed E-state index contributed by atoms with van der Waals surface area (Å²) in [5.74, 6) is -0.588. The normalized spacial score (nSPS) is 12.0. The highest BCUT2D eigenvalue weighted by molar-refractivity contribution is 5.73. The van der Waals surface area contributed by atoms with Gasteiger partial charge >= 0.3 is 5.97 Å². The molecule has 0 unspecified atom stereocenters. The minimum absolute atomic E-state index is 0.0950. The first kappa shape index (κ1) is 24.8. The quantitative estimate of drug-likeness (QED) is 0.296. The molecule has 0 saturated carbocycles. The van der Waals surface area contributed by atoms with Crippen LogP contribution in [0.15, 0.2) is 12.1 Å². The first-order valence-corrected chi connectivity index (χ1v) is 10.4. The van der Waals surface area contributed by atoms with E-state index in [4.69, 9.17) is 9.84 Å². The third-order valence-corrected chi connectivity index (χ3v) is 5.45. The number of aryl methyl sites for hydroxylation is 2. The van der Waals surface area contributed by atoms with Crippen molar-refractivity contribution in [2.75, 3.05) is 0 Å². The number of hydrogen-bond donors (Lipinski definition) is 3. The molecule has 0 aliphatic heterocycles. The fraction of sp³-hybridized carbons (Fsp3) is 0.652. The van der Waals surface area contributed by atoms with E-state index < -0.39 is 17.0 Å². The molecule has 0 bridgehead atoms. The molecule has 0 aliphatic rings. The molecule has 0 saturated heterocycles. The van der Waals surface area contributed by atoms with Crippen LogP contribution in [0.2, 0.25) is 0 Å². The lowest BCUT2D eigenvalue weighted by atomic mass is 9.87. The largest absolute Gasteiger partial charge is 0.508 e. The number of rotatable bonds is 14. The molecule has 1 aromatic rings. The summed E-state index contributed by atoms with van der Waals surface area (Å²) in [6, 6.07) is 3.26. The molecule has 6 nitrogen and oxygen atoms in total. The van der Waals surface area contributed by atoms with Crippen molar-refractivity contribution < 1.29 is 29.6 Å². The number of phenolic OH excluding ortho intramolecular Hbond substituents is 2. The lowest BCUT2D eigenvalue weighted by molar-refractivity contribution is -0.147. The summed E-state index contributed by atoms with van der Waals surface area (Å²) in [6.45, 7) is 7.68. The third-order valence-electron chi connectivity index (χ3n) is 5.45. The molecule has 0 fully saturated rings. The van der Waals surface area contributed by atoms with E-state index in [9.17, 15) is 19.8 Å². The monoisotopic (exact) mass is 408 g/mol. The van der Waals surface area contributed by atoms with Crippen LogP contribution in [0, 0.1) is 5.41 Å². The summed E-state index contributed by atoms with van der Waals surface area (Å²) in [6.07, 6.45) is 7.00. The topological polar surface area (TPSA) is 104 Å². The van der Waals surface area contributed by atoms with Gasteiger partial charge < -0.3 is 20.1 Å². The van der Waals surface area contributed by atoms with Crippen molar-refractivity contribution in [3.8, 4) is 11.5 Å². The van der Waals surface area contributed by atoms with Crippen LogP contribution < -0.4 is 0 Å². The number of carbonyl (C=O) groups is 2. The summed E-state index contributed by atoms with van der Waals surface area (Å²) >= 11 is 0. The Morgan fingerprint density at radius 1 is 0.897 bits per heavy atom. The molecule has 1 rings (SSSR count). The molecule has 6 heteroatoms. The maximum Gasteiger partial charge on any atom is 0.309 e. The van der Waals surface area contributed by atoms with Crippen LogP contribution in [0.25, 0.3) is 0 Å². The van der Waals surface area contributed by atoms with Crippen molar-refractivity contribution in [2.24, 2.45) is 5.41 Å². The number of unbranched alkanes of at least 4 members (excludes halogenated alkanes) is 3. The highest BCUT2D eigenvalue weighted by Crippen LogP contribution is 2.31. The van der Waals surface area contributed by atoms with E-state index in [1.54, 1.807) is 13.8 Å². The number of hydrogen-bond acceptors (Lipinski definition) is 5. The van der Waals surface area contributed by atoms with Crippen molar-refractivity contribution in [1.29, 1.82) is 0 Å². The van der Waals surface area contributed by atoms with Crippen molar-refractivity contribution in [3.63, 3.8) is 0 Å². The van der Waals surface area contributed by atoms with Crippen LogP contribution in [-0.2, 0) is 27.2 Å². The van der Waals surface area contributed by atoms with Gasteiger partial charge in [0.2, 0.25) is 0 Å². The zero-order valence-corrected chi connectivity index (χ0v) is 18.2. The Bertz CT molecular complexity index is 678. The molecule has 0 aromatic heterocycles. The molecule has 29 heavy (non-hydrogen) atoms. The van der Waals surface area contributed by atoms with E-state index in [1.807, 2.05) is 19.9 Å². The van der Waals surface area contributed by atoms with E-state index in [2.05, 4.69) is 0 Å². The number of aromatic hydroxyl groups is 2. The van der Waals surface area contributed by atoms with Crippen LogP contribution in [0.4, 0.5) is 0 Å². The lowest BCUT2D eigenvalue weighted by Crippen LogP contribution is -2.23. The molecule has 0 heterocycles. The van der Waals surface area contributed by atoms with Gasteiger partial charge in [-0.15, -0.1) is 0 Å². The van der Waals surface area contributed by atoms with E-state index >= 15 is 0 Å². The zero-order valence-electron chi connectivity index (χ0n) is 18.2. The van der Waals surface area contributed by atoms with Gasteiger partial charge in [0.15, 0.2) is 0 Å². The zero-order chi connectivity index (χ0) is 22.1. The Morgan fingerprint density at radius 3 is 1.93 bits per heavy atom. The Balaban J connectivity index is 2.50. The van der Waals surface area contributed by atoms with Crippen molar-refractivity contribution in [1.82, 2.24) is 0 Å². The van der Waals surface area contributed by atoms with E-state index in [0.29, 0.717) is 25.7 Å². The van der Waals surface area contributed by atoms with Gasteiger partial charge in [-0.2, -0.15) is 0 Å². The molecule has 3 N–H and O–H groups in total. The van der Waals surface area contributed by atoms with Gasteiger partial charge in [-0.25, -0.2) is 0 Å². The van der Waals surface area contributed by atoms with Gasteiger partial charge in [-0.3, -0.25) is 9.59 Å². The molecule has 0 radical (unpaired) electrons. The predicted molar refractivity (Wildman–Crippen MR) is 112 cm³/mol. The summed E-state index contributed by atoms with van der Waals surface area (Å²) in [7, 11) is 0. The smallest absolute Gasteiger partial charge is 0.309 e. The number of ether oxygens (including phenoxy) is 1. The molecule has 1 aromatic carbocycles. The van der Waals surface area contributed by atoms with E-state index in [1.165, 1.54) is 6.07 Å². The first-order valence-electron chi connectivity index (χ1n) is 10.4. The van der Waals surface area contributed by atoms with Crippen molar-refractivity contribution in [2.45, 2.75) is 91.1 Å². The molecular weight excluding hydrogens is 372 g/mol. The second-order valence-corrected chi connectivity index (χ2v) is 9.04. The standard InChI is InChI=1S/C23H36O6/c1-22(2,21(27)28)12-8-5-6-10-17-14-18(20(26)15-19(17)25)11-7-9-13-23(3,4)29-16-24/h14-16,25-26H,5-13H2,1-4H3,(H,27,28). The minimum Gasteiger partial charge on any atom is -0.508 e. The maximum atomic E-state index is 11.1. The van der Waals surface area contributed by atoms with Gasteiger partial charge in [-0.1, -0.05) is 12.8 Å². The van der Waals surface area contributed by atoms with Crippen LogP contribution in [0.5, 0.6) is 11.5 Å². The Labute approximate surface area is 173 Å². The van der Waals surface area contributed by atoms with Crippen molar-refractivity contribution in [3.05, 3.63) is 23.3 Å². The van der Waals surface area contributed by atoms with Gasteiger partial charge in [0.1, 0.15) is 17.1 Å². The number of carboxylic acid groups (broad SMARTS) is 1. The van der Waals surface area contributed by atoms with Crippen LogP contribution in [-0.4, -0.2) is 33.4 Å². The maximum absolute atomic E-state index is 11.1. The summed E-state index contributed by atoms with van der Waals surface area (Å²) in [5.41, 5.74) is 0.414. The number of phenols is 2. The molecule has 0 spiro atoms. The average Bonchev–Trinajstić information content (AvgIpc) is 2.61. The highest BCUT2D eigenvalue weighted by atomic mass is 16.5. The van der Waals surface area contributed by atoms with E-state index in [0.717, 1.165) is 49.7 Å². The number of benzene rings is 1. The molecular formula is C23H36O6. The van der Waals surface area contributed by atoms with Gasteiger partial charge in [0.05, 0.1) is 5.41 Å². The average molecular weight is 409 g/mol. The Hall–Kier alpha value is -2.24. The molecule has 0 atom stereocenters. The fourth-order valence-corrected chi connectivity index (χ4v) is 3.30. The number of carbonyl (C=O) groups excluding carboxylic acids is 1. The number of carboxylic acids is 1. The lowest BCUT2D eigenvalue weighted by Gasteiger charge is -2.22. The van der Waals surface area contributed by atoms with Crippen LogP contribution in [0.1, 0.15) is 83.8 Å². The minimum atomic E-state index is -0.778. The van der Waals surface area contributed by atoms with Gasteiger partial charge in [0.25, 0.3) is 6.47 Å². The fourth-order valence-electron chi connectivity index (χ4n) is 3.30. The Kier molecular flexibility index (Phi) is 9.47. The predicted octanol–water partition coefficient (Wildman–Crippen LogP) is 4.98. The first-order chi connectivity index (χ1) is 13.5. The highest BCUT2D eigenvalue weighted by Gasteiger charge is 2.26. The summed E-state index contributed by atoms with van der Waals surface area (Å²) in [4.78, 5) is 21.6. The third kappa shape index (κ3) is 8.75. The molecule has 164 valence electrons. The van der Waals surface area contributed by atoms with Crippen molar-refractivity contribution >= 4 is 12.4 Å². The van der Waals surface area contributed by atoms with Gasteiger partial charge in [-0.05, 0) is 89.8 Å².